The number of hydrogen-bond acceptors (Lipinski definition) is 1. The fourth-order valence-corrected chi connectivity index (χ4v) is 2.80. The molecule has 0 heterocycles. The molecule has 1 fully saturated rings. The van der Waals surface area contributed by atoms with Crippen LogP contribution in [-0.4, -0.2) is 0 Å². The van der Waals surface area contributed by atoms with Crippen LogP contribution in [0.2, 0.25) is 10.0 Å². The summed E-state index contributed by atoms with van der Waals surface area (Å²) in [4.78, 5) is 0. The minimum Gasteiger partial charge on any atom is -0.377 e. The molecule has 2 aromatic rings. The van der Waals surface area contributed by atoms with E-state index in [4.69, 9.17) is 23.2 Å². The summed E-state index contributed by atoms with van der Waals surface area (Å²) in [5.41, 5.74) is 2.27. The zero-order valence-corrected chi connectivity index (χ0v) is 12.0. The van der Waals surface area contributed by atoms with Crippen molar-refractivity contribution in [2.75, 3.05) is 5.32 Å². The van der Waals surface area contributed by atoms with Crippen LogP contribution in [0, 0.1) is 5.92 Å². The second-order valence-corrected chi connectivity index (χ2v) is 5.84. The van der Waals surface area contributed by atoms with Gasteiger partial charge in [-0.25, -0.2) is 0 Å². The van der Waals surface area contributed by atoms with Crippen LogP contribution in [-0.2, 0) is 0 Å². The molecule has 3 heteroatoms. The first-order valence-electron chi connectivity index (χ1n) is 6.50. The van der Waals surface area contributed by atoms with E-state index >= 15 is 0 Å². The van der Waals surface area contributed by atoms with Crippen LogP contribution < -0.4 is 5.32 Å². The number of halogens is 2. The van der Waals surface area contributed by atoms with E-state index in [0.717, 1.165) is 5.69 Å². The van der Waals surface area contributed by atoms with Gasteiger partial charge in [0.05, 0.1) is 16.8 Å². The summed E-state index contributed by atoms with van der Waals surface area (Å²) in [7, 11) is 0. The maximum absolute atomic E-state index is 6.24. The van der Waals surface area contributed by atoms with Gasteiger partial charge in [0.25, 0.3) is 0 Å². The highest BCUT2D eigenvalue weighted by Crippen LogP contribution is 2.43. The van der Waals surface area contributed by atoms with Gasteiger partial charge < -0.3 is 5.32 Å². The molecule has 0 radical (unpaired) electrons. The first-order valence-corrected chi connectivity index (χ1v) is 7.26. The third-order valence-corrected chi connectivity index (χ3v) is 4.04. The lowest BCUT2D eigenvalue weighted by molar-refractivity contribution is 0.679. The molecule has 0 aromatic heterocycles. The van der Waals surface area contributed by atoms with Gasteiger partial charge in [0, 0.05) is 5.02 Å². The monoisotopic (exact) mass is 291 g/mol. The fourth-order valence-electron chi connectivity index (χ4n) is 2.34. The summed E-state index contributed by atoms with van der Waals surface area (Å²) in [6.45, 7) is 0. The summed E-state index contributed by atoms with van der Waals surface area (Å²) in [6.07, 6.45) is 2.55. The molecule has 0 amide bonds. The Bertz CT molecular complexity index is 564. The van der Waals surface area contributed by atoms with E-state index in [1.807, 2.05) is 18.2 Å². The first-order chi connectivity index (χ1) is 9.24. The lowest BCUT2D eigenvalue weighted by Gasteiger charge is -2.21. The minimum atomic E-state index is 0.333. The summed E-state index contributed by atoms with van der Waals surface area (Å²) in [6, 6.07) is 16.5. The molecule has 1 atom stereocenters. The molecule has 98 valence electrons. The van der Waals surface area contributed by atoms with Crippen molar-refractivity contribution in [3.05, 3.63) is 64.1 Å². The zero-order valence-electron chi connectivity index (χ0n) is 10.4. The third-order valence-electron chi connectivity index (χ3n) is 3.49. The molecule has 2 aromatic carbocycles. The average molecular weight is 292 g/mol. The number of nitrogens with one attached hydrogen (secondary N) is 1. The average Bonchev–Trinajstić information content (AvgIpc) is 3.23. The highest BCUT2D eigenvalue weighted by Gasteiger charge is 2.32. The van der Waals surface area contributed by atoms with Gasteiger partial charge in [-0.3, -0.25) is 0 Å². The minimum absolute atomic E-state index is 0.333. The molecule has 1 N–H and O–H groups in total. The van der Waals surface area contributed by atoms with Gasteiger partial charge in [0.1, 0.15) is 0 Å². The zero-order chi connectivity index (χ0) is 13.2. The van der Waals surface area contributed by atoms with Crippen molar-refractivity contribution in [3.63, 3.8) is 0 Å². The third kappa shape index (κ3) is 3.05. The van der Waals surface area contributed by atoms with Crippen LogP contribution in [0.1, 0.15) is 24.4 Å². The number of anilines is 1. The first kappa shape index (κ1) is 12.8. The van der Waals surface area contributed by atoms with Crippen LogP contribution in [0.3, 0.4) is 0 Å². The maximum atomic E-state index is 6.24. The molecule has 0 saturated heterocycles. The van der Waals surface area contributed by atoms with Crippen LogP contribution in [0.4, 0.5) is 5.69 Å². The Kier molecular flexibility index (Phi) is 3.67. The Balaban J connectivity index is 1.86. The predicted molar refractivity (Wildman–Crippen MR) is 82.0 cm³/mol. The molecule has 0 bridgehead atoms. The highest BCUT2D eigenvalue weighted by atomic mass is 35.5. The lowest BCUT2D eigenvalue weighted by Crippen LogP contribution is -2.13. The van der Waals surface area contributed by atoms with Gasteiger partial charge in [0.15, 0.2) is 0 Å². The van der Waals surface area contributed by atoms with Crippen molar-refractivity contribution in [1.29, 1.82) is 0 Å². The number of hydrogen-bond donors (Lipinski definition) is 1. The van der Waals surface area contributed by atoms with E-state index in [0.29, 0.717) is 22.0 Å². The van der Waals surface area contributed by atoms with Gasteiger partial charge in [-0.15, -0.1) is 0 Å². The molecular weight excluding hydrogens is 277 g/mol. The van der Waals surface area contributed by atoms with Gasteiger partial charge in [-0.05, 0) is 42.5 Å². The Morgan fingerprint density at radius 2 is 1.74 bits per heavy atom. The van der Waals surface area contributed by atoms with Crippen molar-refractivity contribution in [1.82, 2.24) is 0 Å². The molecule has 1 aliphatic carbocycles. The van der Waals surface area contributed by atoms with Crippen molar-refractivity contribution in [2.45, 2.75) is 18.9 Å². The summed E-state index contributed by atoms with van der Waals surface area (Å²) in [5.74, 6) is 0.703. The van der Waals surface area contributed by atoms with E-state index in [9.17, 15) is 0 Å². The molecule has 1 nitrogen and oxygen atoms in total. The molecule has 19 heavy (non-hydrogen) atoms. The number of benzene rings is 2. The second kappa shape index (κ2) is 5.44. The van der Waals surface area contributed by atoms with E-state index in [1.165, 1.54) is 18.4 Å². The standard InChI is InChI=1S/C16H15Cl2N/c17-13-8-9-15(14(18)10-13)19-16(12-6-7-12)11-4-2-1-3-5-11/h1-5,8-10,12,16,19H,6-7H2. The van der Waals surface area contributed by atoms with Crippen molar-refractivity contribution < 1.29 is 0 Å². The van der Waals surface area contributed by atoms with Gasteiger partial charge in [-0.1, -0.05) is 53.5 Å². The van der Waals surface area contributed by atoms with Gasteiger partial charge in [-0.2, -0.15) is 0 Å². The van der Waals surface area contributed by atoms with Crippen molar-refractivity contribution >= 4 is 28.9 Å². The van der Waals surface area contributed by atoms with E-state index in [2.05, 4.69) is 29.6 Å². The Labute approximate surface area is 123 Å². The topological polar surface area (TPSA) is 12.0 Å². The van der Waals surface area contributed by atoms with Crippen LogP contribution >= 0.6 is 23.2 Å². The molecule has 0 aliphatic heterocycles. The molecule has 0 spiro atoms. The molecule has 1 saturated carbocycles. The maximum Gasteiger partial charge on any atom is 0.0652 e. The molecule has 1 unspecified atom stereocenters. The van der Waals surface area contributed by atoms with E-state index in [-0.39, 0.29) is 0 Å². The Hall–Kier alpha value is -1.18. The lowest BCUT2D eigenvalue weighted by atomic mass is 10.0. The van der Waals surface area contributed by atoms with Crippen LogP contribution in [0.5, 0.6) is 0 Å². The predicted octanol–water partition coefficient (Wildman–Crippen LogP) is 5.56. The highest BCUT2D eigenvalue weighted by molar-refractivity contribution is 6.36. The van der Waals surface area contributed by atoms with E-state index in [1.54, 1.807) is 6.07 Å². The number of rotatable bonds is 4. The van der Waals surface area contributed by atoms with Crippen LogP contribution in [0.15, 0.2) is 48.5 Å². The van der Waals surface area contributed by atoms with Gasteiger partial charge in [0.2, 0.25) is 0 Å². The Morgan fingerprint density at radius 3 is 2.37 bits per heavy atom. The normalized spacial score (nSPS) is 16.1. The van der Waals surface area contributed by atoms with E-state index < -0.39 is 0 Å². The molecule has 3 rings (SSSR count). The smallest absolute Gasteiger partial charge is 0.0652 e. The summed E-state index contributed by atoms with van der Waals surface area (Å²) >= 11 is 12.2. The second-order valence-electron chi connectivity index (χ2n) is 4.99. The SMILES string of the molecule is Clc1ccc(NC(c2ccccc2)C2CC2)c(Cl)c1. The van der Waals surface area contributed by atoms with Gasteiger partial charge >= 0.3 is 0 Å². The Morgan fingerprint density at radius 1 is 1.00 bits per heavy atom. The van der Waals surface area contributed by atoms with Crippen molar-refractivity contribution in [2.24, 2.45) is 5.92 Å². The van der Waals surface area contributed by atoms with Crippen molar-refractivity contribution in [3.8, 4) is 0 Å². The quantitative estimate of drug-likeness (QED) is 0.778. The largest absolute Gasteiger partial charge is 0.377 e. The molecular formula is C16H15Cl2N. The summed E-state index contributed by atoms with van der Waals surface area (Å²) in [5, 5.41) is 4.90. The van der Waals surface area contributed by atoms with Crippen LogP contribution in [0.25, 0.3) is 0 Å². The molecule has 1 aliphatic rings. The fraction of sp³-hybridized carbons (Fsp3) is 0.250. The summed E-state index contributed by atoms with van der Waals surface area (Å²) < 4.78 is 0.